The van der Waals surface area contributed by atoms with E-state index < -0.39 is 10.0 Å². The lowest BCUT2D eigenvalue weighted by Gasteiger charge is -2.26. The van der Waals surface area contributed by atoms with E-state index in [0.29, 0.717) is 18.0 Å². The Morgan fingerprint density at radius 1 is 0.929 bits per heavy atom. The molecule has 0 unspecified atom stereocenters. The van der Waals surface area contributed by atoms with Crippen molar-refractivity contribution in [3.05, 3.63) is 66.2 Å². The van der Waals surface area contributed by atoms with Gasteiger partial charge in [-0.3, -0.25) is 4.90 Å². The van der Waals surface area contributed by atoms with Gasteiger partial charge in [0.2, 0.25) is 10.0 Å². The normalized spacial score (nSPS) is 21.1. The van der Waals surface area contributed by atoms with Crippen molar-refractivity contribution >= 4 is 10.0 Å². The molecule has 0 amide bonds. The number of hydrogen-bond donors (Lipinski definition) is 2. The summed E-state index contributed by atoms with van der Waals surface area (Å²) in [5.41, 5.74) is 1.33. The fourth-order valence-corrected chi connectivity index (χ4v) is 4.89. The Bertz CT molecular complexity index is 809. The lowest BCUT2D eigenvalue weighted by Crippen LogP contribution is -2.46. The number of aliphatic hydroxyl groups is 1. The molecule has 2 aromatic rings. The van der Waals surface area contributed by atoms with E-state index in [1.54, 1.807) is 24.3 Å². The molecule has 28 heavy (non-hydrogen) atoms. The van der Waals surface area contributed by atoms with Gasteiger partial charge >= 0.3 is 0 Å². The first-order valence-corrected chi connectivity index (χ1v) is 11.2. The van der Waals surface area contributed by atoms with Crippen molar-refractivity contribution in [2.75, 3.05) is 39.3 Å². The van der Waals surface area contributed by atoms with Crippen LogP contribution in [0.15, 0.2) is 65.6 Å². The second-order valence-corrected chi connectivity index (χ2v) is 9.07. The Morgan fingerprint density at radius 2 is 1.54 bits per heavy atom. The van der Waals surface area contributed by atoms with E-state index in [-0.39, 0.29) is 6.10 Å². The van der Waals surface area contributed by atoms with E-state index >= 15 is 0 Å². The number of nitrogens with one attached hydrogen (secondary N) is 1. The third kappa shape index (κ3) is 5.86. The molecule has 2 aliphatic rings. The molecular formula is C21H29N3O3S. The topological polar surface area (TPSA) is 72.9 Å². The number of piperazine rings is 1. The largest absolute Gasteiger partial charge is 0.392 e. The van der Waals surface area contributed by atoms with E-state index in [9.17, 15) is 13.5 Å². The quantitative estimate of drug-likeness (QED) is 0.810. The maximum absolute atomic E-state index is 12.1. The predicted octanol–water partition coefficient (Wildman–Crippen LogP) is 1.53. The van der Waals surface area contributed by atoms with Crippen molar-refractivity contribution in [3.63, 3.8) is 0 Å². The molecule has 0 aliphatic carbocycles. The minimum absolute atomic E-state index is 0.108. The number of nitrogens with zero attached hydrogens (tertiary/aromatic N) is 2. The van der Waals surface area contributed by atoms with Crippen LogP contribution in [0.1, 0.15) is 12.0 Å². The zero-order valence-electron chi connectivity index (χ0n) is 16.1. The van der Waals surface area contributed by atoms with Crippen molar-refractivity contribution in [1.29, 1.82) is 0 Å². The molecule has 0 radical (unpaired) electrons. The fourth-order valence-electron chi connectivity index (χ4n) is 3.42. The van der Waals surface area contributed by atoms with Crippen LogP contribution in [0.5, 0.6) is 0 Å². The number of aliphatic hydroxyl groups excluding tert-OH is 1. The highest BCUT2D eigenvalue weighted by atomic mass is 32.2. The number of benzene rings is 2. The highest BCUT2D eigenvalue weighted by Crippen LogP contribution is 2.15. The first-order valence-electron chi connectivity index (χ1n) is 9.76. The van der Waals surface area contributed by atoms with Gasteiger partial charge in [0.15, 0.2) is 0 Å². The standard InChI is InChI=1S/C11H15NO.C10H14N2O2S/c13-11-6-7-12(9-11)8-10-4-2-1-3-5-10;13-15(14,10-4-2-1-3-5-10)12-8-6-11-7-9-12/h1-5,11,13H,6-9H2;1-5,11H,6-9H2/t11-;/m0./s1. The van der Waals surface area contributed by atoms with Crippen LogP contribution in [0.3, 0.4) is 0 Å². The van der Waals surface area contributed by atoms with Crippen molar-refractivity contribution in [1.82, 2.24) is 14.5 Å². The monoisotopic (exact) mass is 403 g/mol. The number of rotatable bonds is 4. The molecule has 2 saturated heterocycles. The third-order valence-corrected chi connectivity index (χ3v) is 6.87. The van der Waals surface area contributed by atoms with Gasteiger partial charge in [0.05, 0.1) is 11.0 Å². The van der Waals surface area contributed by atoms with E-state index in [2.05, 4.69) is 34.5 Å². The van der Waals surface area contributed by atoms with Crippen LogP contribution in [-0.2, 0) is 16.6 Å². The average Bonchev–Trinajstić information content (AvgIpc) is 3.15. The molecule has 2 aliphatic heterocycles. The van der Waals surface area contributed by atoms with Crippen LogP contribution >= 0.6 is 0 Å². The maximum Gasteiger partial charge on any atom is 0.243 e. The minimum atomic E-state index is -3.27. The number of β-amino-alcohol motifs (C(OH)–C–C–N with tert-alkyl or cyclic N) is 1. The Hall–Kier alpha value is -1.77. The summed E-state index contributed by atoms with van der Waals surface area (Å²) in [6, 6.07) is 19.0. The SMILES string of the molecule is O=S(=O)(c1ccccc1)N1CCNCC1.O[C@H]1CCN(Cc2ccccc2)C1. The first kappa shape index (κ1) is 21.0. The van der Waals surface area contributed by atoms with Crippen LogP contribution in [0.25, 0.3) is 0 Å². The van der Waals surface area contributed by atoms with Gasteiger partial charge in [0.1, 0.15) is 0 Å². The highest BCUT2D eigenvalue weighted by molar-refractivity contribution is 7.89. The molecule has 2 fully saturated rings. The number of hydrogen-bond acceptors (Lipinski definition) is 5. The van der Waals surface area contributed by atoms with Crippen molar-refractivity contribution in [3.8, 4) is 0 Å². The molecule has 6 nitrogen and oxygen atoms in total. The molecular weight excluding hydrogens is 374 g/mol. The molecule has 1 atom stereocenters. The Morgan fingerprint density at radius 3 is 2.11 bits per heavy atom. The van der Waals surface area contributed by atoms with E-state index in [4.69, 9.17) is 0 Å². The predicted molar refractivity (Wildman–Crippen MR) is 110 cm³/mol. The lowest BCUT2D eigenvalue weighted by atomic mass is 10.2. The summed E-state index contributed by atoms with van der Waals surface area (Å²) < 4.78 is 25.7. The number of sulfonamides is 1. The van der Waals surface area contributed by atoms with E-state index in [1.807, 2.05) is 12.1 Å². The van der Waals surface area contributed by atoms with Gasteiger partial charge < -0.3 is 10.4 Å². The van der Waals surface area contributed by atoms with Gasteiger partial charge in [-0.1, -0.05) is 48.5 Å². The van der Waals surface area contributed by atoms with Gasteiger partial charge in [0.25, 0.3) is 0 Å². The second kappa shape index (κ2) is 10.1. The lowest BCUT2D eigenvalue weighted by molar-refractivity contribution is 0.175. The van der Waals surface area contributed by atoms with Crippen LogP contribution in [0, 0.1) is 0 Å². The van der Waals surface area contributed by atoms with Gasteiger partial charge in [-0.05, 0) is 24.1 Å². The first-order chi connectivity index (χ1) is 13.6. The molecule has 152 valence electrons. The van der Waals surface area contributed by atoms with E-state index in [0.717, 1.165) is 39.1 Å². The fraction of sp³-hybridized carbons (Fsp3) is 0.429. The molecule has 0 saturated carbocycles. The van der Waals surface area contributed by atoms with Gasteiger partial charge in [-0.15, -0.1) is 0 Å². The summed E-state index contributed by atoms with van der Waals surface area (Å²) in [7, 11) is -3.27. The van der Waals surface area contributed by atoms with Crippen LogP contribution < -0.4 is 5.32 Å². The summed E-state index contributed by atoms with van der Waals surface area (Å²) in [4.78, 5) is 2.67. The second-order valence-electron chi connectivity index (χ2n) is 7.13. The molecule has 2 heterocycles. The molecule has 0 bridgehead atoms. The summed E-state index contributed by atoms with van der Waals surface area (Å²) in [6.45, 7) is 5.38. The molecule has 7 heteroatoms. The smallest absolute Gasteiger partial charge is 0.243 e. The molecule has 0 spiro atoms. The van der Waals surface area contributed by atoms with Gasteiger partial charge in [-0.2, -0.15) is 4.31 Å². The molecule has 0 aromatic heterocycles. The number of likely N-dealkylation sites (tertiary alicyclic amines) is 1. The average molecular weight is 404 g/mol. The van der Waals surface area contributed by atoms with Crippen LogP contribution in [0.4, 0.5) is 0 Å². The van der Waals surface area contributed by atoms with Gasteiger partial charge in [0, 0.05) is 45.8 Å². The van der Waals surface area contributed by atoms with E-state index in [1.165, 1.54) is 9.87 Å². The van der Waals surface area contributed by atoms with Gasteiger partial charge in [-0.25, -0.2) is 8.42 Å². The Balaban J connectivity index is 0.000000162. The van der Waals surface area contributed by atoms with Crippen molar-refractivity contribution < 1.29 is 13.5 Å². The zero-order valence-corrected chi connectivity index (χ0v) is 16.9. The zero-order chi connectivity index (χ0) is 19.8. The summed E-state index contributed by atoms with van der Waals surface area (Å²) in [5.74, 6) is 0. The van der Waals surface area contributed by atoms with Crippen molar-refractivity contribution in [2.45, 2.75) is 24.0 Å². The molecule has 2 aromatic carbocycles. The maximum atomic E-state index is 12.1. The highest BCUT2D eigenvalue weighted by Gasteiger charge is 2.25. The van der Waals surface area contributed by atoms with Crippen molar-refractivity contribution in [2.24, 2.45) is 0 Å². The Kier molecular flexibility index (Phi) is 7.58. The van der Waals surface area contributed by atoms with Crippen LogP contribution in [-0.4, -0.2) is 68.1 Å². The summed E-state index contributed by atoms with van der Waals surface area (Å²) in [5, 5.41) is 12.5. The Labute approximate surface area is 167 Å². The summed E-state index contributed by atoms with van der Waals surface area (Å²) >= 11 is 0. The van der Waals surface area contributed by atoms with Crippen LogP contribution in [0.2, 0.25) is 0 Å². The third-order valence-electron chi connectivity index (χ3n) is 4.95. The molecule has 4 rings (SSSR count). The summed E-state index contributed by atoms with van der Waals surface area (Å²) in [6.07, 6.45) is 0.816. The minimum Gasteiger partial charge on any atom is -0.392 e. The molecule has 2 N–H and O–H groups in total.